The average molecular weight is 432 g/mol. The standard InChI is InChI=1S/C25H33NO3.ClH/c1-19(2)17-21-9-11-22(12-10-21)20(3)25(27)29-16-14-26-13-15-28-24(18-26)23-7-5-4-6-8-23;/h4-12,19-20,24H,13-18H2,1-3H3;1H. The summed E-state index contributed by atoms with van der Waals surface area (Å²) in [5, 5.41) is 0. The maximum absolute atomic E-state index is 12.5. The minimum absolute atomic E-state index is 0. The number of carbonyl (C=O) groups is 1. The highest BCUT2D eigenvalue weighted by Crippen LogP contribution is 2.22. The largest absolute Gasteiger partial charge is 0.464 e. The van der Waals surface area contributed by atoms with Crippen molar-refractivity contribution in [2.24, 2.45) is 5.92 Å². The SMILES string of the molecule is CC(C)Cc1ccc(C(C)C(=O)OCCN2CCOC(c3ccccc3)C2)cc1.Cl. The van der Waals surface area contributed by atoms with Gasteiger partial charge in [0.2, 0.25) is 0 Å². The van der Waals surface area contributed by atoms with Gasteiger partial charge in [-0.3, -0.25) is 9.69 Å². The van der Waals surface area contributed by atoms with Gasteiger partial charge in [0.25, 0.3) is 0 Å². The number of benzene rings is 2. The lowest BCUT2D eigenvalue weighted by molar-refractivity contribution is -0.146. The van der Waals surface area contributed by atoms with Crippen molar-refractivity contribution in [3.8, 4) is 0 Å². The van der Waals surface area contributed by atoms with Crippen molar-refractivity contribution >= 4 is 18.4 Å². The Labute approximate surface area is 187 Å². The summed E-state index contributed by atoms with van der Waals surface area (Å²) in [6.45, 7) is 9.89. The molecule has 1 aliphatic heterocycles. The maximum atomic E-state index is 12.5. The van der Waals surface area contributed by atoms with Crippen LogP contribution in [0.25, 0.3) is 0 Å². The molecule has 0 aromatic heterocycles. The van der Waals surface area contributed by atoms with Gasteiger partial charge in [0.15, 0.2) is 0 Å². The van der Waals surface area contributed by atoms with E-state index in [0.717, 1.165) is 31.6 Å². The van der Waals surface area contributed by atoms with Crippen LogP contribution in [0.5, 0.6) is 0 Å². The first-order valence-electron chi connectivity index (χ1n) is 10.7. The third-order valence-corrected chi connectivity index (χ3v) is 5.45. The van der Waals surface area contributed by atoms with Gasteiger partial charge in [0.1, 0.15) is 6.61 Å². The first-order chi connectivity index (χ1) is 14.0. The highest BCUT2D eigenvalue weighted by molar-refractivity contribution is 5.85. The fourth-order valence-electron chi connectivity index (χ4n) is 3.73. The van der Waals surface area contributed by atoms with Gasteiger partial charge in [-0.1, -0.05) is 68.4 Å². The number of esters is 1. The molecule has 2 atom stereocenters. The van der Waals surface area contributed by atoms with Crippen LogP contribution in [0.15, 0.2) is 54.6 Å². The van der Waals surface area contributed by atoms with Gasteiger partial charge in [-0.05, 0) is 36.0 Å². The van der Waals surface area contributed by atoms with Crippen LogP contribution in [-0.4, -0.2) is 43.7 Å². The zero-order valence-electron chi connectivity index (χ0n) is 18.3. The second-order valence-corrected chi connectivity index (χ2v) is 8.30. The van der Waals surface area contributed by atoms with Crippen molar-refractivity contribution in [3.63, 3.8) is 0 Å². The molecule has 2 aromatic carbocycles. The summed E-state index contributed by atoms with van der Waals surface area (Å²) in [5.41, 5.74) is 3.52. The highest BCUT2D eigenvalue weighted by atomic mass is 35.5. The van der Waals surface area contributed by atoms with Crippen LogP contribution in [-0.2, 0) is 20.7 Å². The van der Waals surface area contributed by atoms with E-state index in [1.165, 1.54) is 11.1 Å². The van der Waals surface area contributed by atoms with Crippen molar-refractivity contribution in [1.82, 2.24) is 4.90 Å². The molecule has 0 saturated carbocycles. The third kappa shape index (κ3) is 7.12. The Morgan fingerprint density at radius 2 is 1.80 bits per heavy atom. The molecule has 1 aliphatic rings. The molecule has 30 heavy (non-hydrogen) atoms. The Kier molecular flexibility index (Phi) is 9.83. The molecule has 0 bridgehead atoms. The summed E-state index contributed by atoms with van der Waals surface area (Å²) in [6, 6.07) is 18.6. The molecule has 3 rings (SSSR count). The highest BCUT2D eigenvalue weighted by Gasteiger charge is 2.22. The van der Waals surface area contributed by atoms with Crippen molar-refractivity contribution in [2.45, 2.75) is 39.2 Å². The number of hydrogen-bond acceptors (Lipinski definition) is 4. The summed E-state index contributed by atoms with van der Waals surface area (Å²) in [4.78, 5) is 14.8. The first-order valence-corrected chi connectivity index (χ1v) is 10.7. The quantitative estimate of drug-likeness (QED) is 0.549. The molecule has 0 amide bonds. The predicted molar refractivity (Wildman–Crippen MR) is 123 cm³/mol. The van der Waals surface area contributed by atoms with E-state index >= 15 is 0 Å². The topological polar surface area (TPSA) is 38.8 Å². The Morgan fingerprint density at radius 1 is 1.10 bits per heavy atom. The van der Waals surface area contributed by atoms with Crippen LogP contribution < -0.4 is 0 Å². The van der Waals surface area contributed by atoms with Crippen molar-refractivity contribution in [3.05, 3.63) is 71.3 Å². The molecular formula is C25H34ClNO3. The van der Waals surface area contributed by atoms with Crippen LogP contribution in [0.3, 0.4) is 0 Å². The number of ether oxygens (including phenoxy) is 2. The van der Waals surface area contributed by atoms with Gasteiger partial charge in [-0.25, -0.2) is 0 Å². The molecule has 1 saturated heterocycles. The van der Waals surface area contributed by atoms with E-state index in [-0.39, 0.29) is 30.4 Å². The number of carbonyl (C=O) groups excluding carboxylic acids is 1. The number of morpholine rings is 1. The van der Waals surface area contributed by atoms with E-state index in [1.54, 1.807) is 0 Å². The normalized spacial score (nSPS) is 17.9. The van der Waals surface area contributed by atoms with E-state index in [1.807, 2.05) is 25.1 Å². The predicted octanol–water partition coefficient (Wildman–Crippen LogP) is 5.03. The van der Waals surface area contributed by atoms with Gasteiger partial charge in [0.05, 0.1) is 18.6 Å². The fraction of sp³-hybridized carbons (Fsp3) is 0.480. The molecule has 0 spiro atoms. The van der Waals surface area contributed by atoms with E-state index in [0.29, 0.717) is 19.1 Å². The Bertz CT molecular complexity index is 764. The van der Waals surface area contributed by atoms with Gasteiger partial charge >= 0.3 is 5.97 Å². The average Bonchev–Trinajstić information content (AvgIpc) is 2.74. The second-order valence-electron chi connectivity index (χ2n) is 8.30. The molecule has 2 aromatic rings. The maximum Gasteiger partial charge on any atom is 0.313 e. The van der Waals surface area contributed by atoms with Gasteiger partial charge in [0, 0.05) is 19.6 Å². The van der Waals surface area contributed by atoms with E-state index < -0.39 is 0 Å². The molecule has 0 aliphatic carbocycles. The molecular weight excluding hydrogens is 398 g/mol. The summed E-state index contributed by atoms with van der Waals surface area (Å²) in [7, 11) is 0. The van der Waals surface area contributed by atoms with E-state index in [2.05, 4.69) is 55.1 Å². The summed E-state index contributed by atoms with van der Waals surface area (Å²) in [5.74, 6) is 0.226. The smallest absolute Gasteiger partial charge is 0.313 e. The summed E-state index contributed by atoms with van der Waals surface area (Å²) < 4.78 is 11.5. The summed E-state index contributed by atoms with van der Waals surface area (Å²) >= 11 is 0. The third-order valence-electron chi connectivity index (χ3n) is 5.45. The zero-order valence-corrected chi connectivity index (χ0v) is 19.1. The van der Waals surface area contributed by atoms with Crippen LogP contribution in [0.2, 0.25) is 0 Å². The molecule has 0 N–H and O–H groups in total. The van der Waals surface area contributed by atoms with Gasteiger partial charge < -0.3 is 9.47 Å². The molecule has 0 radical (unpaired) electrons. The lowest BCUT2D eigenvalue weighted by Crippen LogP contribution is -2.40. The number of rotatable bonds is 8. The first kappa shape index (κ1) is 24.4. The summed E-state index contributed by atoms with van der Waals surface area (Å²) in [6.07, 6.45) is 1.15. The monoisotopic (exact) mass is 431 g/mol. The zero-order chi connectivity index (χ0) is 20.6. The van der Waals surface area contributed by atoms with Gasteiger partial charge in [-0.15, -0.1) is 12.4 Å². The second kappa shape index (κ2) is 12.1. The number of hydrogen-bond donors (Lipinski definition) is 0. The molecule has 2 unspecified atom stereocenters. The molecule has 164 valence electrons. The fourth-order valence-corrected chi connectivity index (χ4v) is 3.73. The van der Waals surface area contributed by atoms with Crippen LogP contribution in [0.4, 0.5) is 0 Å². The Hall–Kier alpha value is -1.88. The Balaban J connectivity index is 0.00000320. The van der Waals surface area contributed by atoms with Crippen molar-refractivity contribution in [2.75, 3.05) is 32.8 Å². The van der Waals surface area contributed by atoms with Gasteiger partial charge in [-0.2, -0.15) is 0 Å². The lowest BCUT2D eigenvalue weighted by Gasteiger charge is -2.33. The van der Waals surface area contributed by atoms with Crippen LogP contribution in [0.1, 0.15) is 49.5 Å². The molecule has 1 heterocycles. The van der Waals surface area contributed by atoms with Crippen LogP contribution >= 0.6 is 12.4 Å². The van der Waals surface area contributed by atoms with E-state index in [4.69, 9.17) is 9.47 Å². The lowest BCUT2D eigenvalue weighted by atomic mass is 9.97. The number of halogens is 1. The number of nitrogens with zero attached hydrogens (tertiary/aromatic N) is 1. The minimum Gasteiger partial charge on any atom is -0.464 e. The molecule has 1 fully saturated rings. The van der Waals surface area contributed by atoms with E-state index in [9.17, 15) is 4.79 Å². The molecule has 4 nitrogen and oxygen atoms in total. The van der Waals surface area contributed by atoms with Crippen LogP contribution in [0, 0.1) is 5.92 Å². The Morgan fingerprint density at radius 3 is 2.47 bits per heavy atom. The molecule has 5 heteroatoms. The van der Waals surface area contributed by atoms with Crippen molar-refractivity contribution in [1.29, 1.82) is 0 Å². The van der Waals surface area contributed by atoms with Crippen molar-refractivity contribution < 1.29 is 14.3 Å². The minimum atomic E-state index is -0.246.